The van der Waals surface area contributed by atoms with E-state index in [9.17, 15) is 10.1 Å². The van der Waals surface area contributed by atoms with Crippen LogP contribution in [0.1, 0.15) is 46.0 Å². The van der Waals surface area contributed by atoms with Crippen molar-refractivity contribution < 1.29 is 9.66 Å². The Bertz CT molecular complexity index is 426. The molecule has 1 N–H and O–H groups in total. The summed E-state index contributed by atoms with van der Waals surface area (Å²) in [6.07, 6.45) is 6.31. The monoisotopic (exact) mass is 282 g/mol. The minimum Gasteiger partial charge on any atom is -0.473 e. The number of unbranched alkanes of at least 4 members (excludes halogenated alkanes) is 3. The van der Waals surface area contributed by atoms with E-state index < -0.39 is 4.92 Å². The second-order valence-electron chi connectivity index (χ2n) is 4.48. The third-order valence-corrected chi connectivity index (χ3v) is 2.70. The van der Waals surface area contributed by atoms with Gasteiger partial charge in [0.25, 0.3) is 5.88 Å². The Morgan fingerprint density at radius 3 is 2.75 bits per heavy atom. The molecule has 1 aromatic heterocycles. The summed E-state index contributed by atoms with van der Waals surface area (Å²) >= 11 is 0. The Hall–Kier alpha value is -1.92. The van der Waals surface area contributed by atoms with Crippen molar-refractivity contribution >= 4 is 11.6 Å². The van der Waals surface area contributed by atoms with Gasteiger partial charge in [-0.2, -0.15) is 4.98 Å². The maximum atomic E-state index is 10.9. The van der Waals surface area contributed by atoms with Crippen LogP contribution in [0.4, 0.5) is 11.6 Å². The van der Waals surface area contributed by atoms with Crippen molar-refractivity contribution in [2.75, 3.05) is 18.5 Å². The van der Waals surface area contributed by atoms with Crippen molar-refractivity contribution in [1.82, 2.24) is 9.97 Å². The molecule has 0 unspecified atom stereocenters. The normalized spacial score (nSPS) is 10.3. The van der Waals surface area contributed by atoms with Crippen molar-refractivity contribution in [1.29, 1.82) is 0 Å². The molecule has 7 heteroatoms. The minimum absolute atomic E-state index is 0.0418. The van der Waals surface area contributed by atoms with Crippen LogP contribution < -0.4 is 10.1 Å². The number of ether oxygens (including phenoxy) is 1. The van der Waals surface area contributed by atoms with Gasteiger partial charge < -0.3 is 10.1 Å². The highest BCUT2D eigenvalue weighted by atomic mass is 16.6. The fourth-order valence-electron chi connectivity index (χ4n) is 1.61. The van der Waals surface area contributed by atoms with Gasteiger partial charge in [-0.25, -0.2) is 4.98 Å². The highest BCUT2D eigenvalue weighted by Crippen LogP contribution is 2.24. The average Bonchev–Trinajstić information content (AvgIpc) is 2.44. The molecule has 0 spiro atoms. The molecule has 0 aromatic carbocycles. The molecule has 0 radical (unpaired) electrons. The number of hydrogen-bond donors (Lipinski definition) is 1. The van der Waals surface area contributed by atoms with Crippen LogP contribution >= 0.6 is 0 Å². The molecule has 0 aliphatic carbocycles. The van der Waals surface area contributed by atoms with Gasteiger partial charge in [0.05, 0.1) is 11.5 Å². The topological polar surface area (TPSA) is 90.2 Å². The first-order valence-electron chi connectivity index (χ1n) is 7.07. The summed E-state index contributed by atoms with van der Waals surface area (Å²) in [5, 5.41) is 13.9. The van der Waals surface area contributed by atoms with E-state index in [4.69, 9.17) is 4.74 Å². The van der Waals surface area contributed by atoms with E-state index in [1.54, 1.807) is 0 Å². The lowest BCUT2D eigenvalue weighted by molar-refractivity contribution is -0.386. The quantitative estimate of drug-likeness (QED) is 0.402. The molecule has 0 aliphatic rings. The fraction of sp³-hybridized carbons (Fsp3) is 0.692. The highest BCUT2D eigenvalue weighted by molar-refractivity contribution is 5.43. The van der Waals surface area contributed by atoms with E-state index in [-0.39, 0.29) is 11.6 Å². The Morgan fingerprint density at radius 1 is 1.30 bits per heavy atom. The third kappa shape index (κ3) is 5.38. The Kier molecular flexibility index (Phi) is 7.31. The number of nitrogens with one attached hydrogen (secondary N) is 1. The first-order chi connectivity index (χ1) is 9.69. The zero-order chi connectivity index (χ0) is 14.8. The summed E-state index contributed by atoms with van der Waals surface area (Å²) in [6, 6.07) is 0. The molecule has 7 nitrogen and oxygen atoms in total. The van der Waals surface area contributed by atoms with Crippen LogP contribution in [0.3, 0.4) is 0 Å². The van der Waals surface area contributed by atoms with E-state index in [2.05, 4.69) is 22.2 Å². The predicted octanol–water partition coefficient (Wildman–Crippen LogP) is 3.17. The van der Waals surface area contributed by atoms with Gasteiger partial charge in [-0.1, -0.05) is 33.1 Å². The number of nitro groups is 1. The molecule has 20 heavy (non-hydrogen) atoms. The molecule has 1 heterocycles. The number of nitrogens with zero attached hydrogens (tertiary/aromatic N) is 3. The summed E-state index contributed by atoms with van der Waals surface area (Å²) in [6.45, 7) is 5.30. The lowest BCUT2D eigenvalue weighted by Gasteiger charge is -2.07. The molecule has 0 atom stereocenters. The minimum atomic E-state index is -0.523. The summed E-state index contributed by atoms with van der Waals surface area (Å²) in [7, 11) is 0. The largest absolute Gasteiger partial charge is 0.473 e. The lowest BCUT2D eigenvalue weighted by atomic mass is 10.2. The van der Waals surface area contributed by atoms with Crippen LogP contribution in [-0.4, -0.2) is 28.0 Å². The van der Waals surface area contributed by atoms with E-state index in [1.807, 2.05) is 6.92 Å². The second-order valence-corrected chi connectivity index (χ2v) is 4.48. The molecule has 112 valence electrons. The molecule has 0 saturated carbocycles. The summed E-state index contributed by atoms with van der Waals surface area (Å²) in [5.74, 6) is 0.404. The number of rotatable bonds is 10. The van der Waals surface area contributed by atoms with Crippen molar-refractivity contribution in [3.63, 3.8) is 0 Å². The van der Waals surface area contributed by atoms with E-state index >= 15 is 0 Å². The summed E-state index contributed by atoms with van der Waals surface area (Å²) < 4.78 is 5.43. The van der Waals surface area contributed by atoms with Crippen molar-refractivity contribution in [3.8, 4) is 5.88 Å². The highest BCUT2D eigenvalue weighted by Gasteiger charge is 2.18. The molecule has 0 saturated heterocycles. The number of hydrogen-bond acceptors (Lipinski definition) is 6. The fourth-order valence-corrected chi connectivity index (χ4v) is 1.61. The molecule has 0 fully saturated rings. The molecule has 0 amide bonds. The van der Waals surface area contributed by atoms with Gasteiger partial charge in [0.2, 0.25) is 5.95 Å². The van der Waals surface area contributed by atoms with Crippen LogP contribution in [0, 0.1) is 10.1 Å². The first kappa shape index (κ1) is 16.1. The van der Waals surface area contributed by atoms with E-state index in [0.717, 1.165) is 32.1 Å². The van der Waals surface area contributed by atoms with Crippen molar-refractivity contribution in [3.05, 3.63) is 16.3 Å². The van der Waals surface area contributed by atoms with Gasteiger partial charge in [0, 0.05) is 6.54 Å². The second kappa shape index (κ2) is 9.06. The zero-order valence-electron chi connectivity index (χ0n) is 12.1. The van der Waals surface area contributed by atoms with Crippen LogP contribution in [0.2, 0.25) is 0 Å². The van der Waals surface area contributed by atoms with Gasteiger partial charge in [-0.05, 0) is 12.8 Å². The zero-order valence-corrected chi connectivity index (χ0v) is 12.1. The molecular formula is C13H22N4O3. The van der Waals surface area contributed by atoms with Crippen LogP contribution in [0.25, 0.3) is 0 Å². The van der Waals surface area contributed by atoms with Crippen molar-refractivity contribution in [2.45, 2.75) is 46.0 Å². The molecule has 0 aliphatic heterocycles. The van der Waals surface area contributed by atoms with Crippen LogP contribution in [0.5, 0.6) is 5.88 Å². The van der Waals surface area contributed by atoms with Gasteiger partial charge >= 0.3 is 5.69 Å². The van der Waals surface area contributed by atoms with E-state index in [0.29, 0.717) is 19.1 Å². The number of anilines is 1. The van der Waals surface area contributed by atoms with Gasteiger partial charge in [-0.15, -0.1) is 0 Å². The molecule has 1 aromatic rings. The SMILES string of the molecule is CCCCCCOc1nc(NCCC)ncc1[N+](=O)[O-]. The van der Waals surface area contributed by atoms with Crippen LogP contribution in [0.15, 0.2) is 6.20 Å². The Labute approximate surface area is 118 Å². The first-order valence-corrected chi connectivity index (χ1v) is 7.07. The predicted molar refractivity (Wildman–Crippen MR) is 77.1 cm³/mol. The van der Waals surface area contributed by atoms with Gasteiger partial charge in [-0.3, -0.25) is 10.1 Å². The van der Waals surface area contributed by atoms with Gasteiger partial charge in [0.15, 0.2) is 0 Å². The summed E-state index contributed by atoms with van der Waals surface area (Å²) in [4.78, 5) is 18.4. The Morgan fingerprint density at radius 2 is 2.10 bits per heavy atom. The maximum Gasteiger partial charge on any atom is 0.349 e. The van der Waals surface area contributed by atoms with E-state index in [1.165, 1.54) is 6.20 Å². The average molecular weight is 282 g/mol. The maximum absolute atomic E-state index is 10.9. The van der Waals surface area contributed by atoms with Crippen molar-refractivity contribution in [2.24, 2.45) is 0 Å². The standard InChI is InChI=1S/C13H22N4O3/c1-3-5-6-7-9-20-12-11(17(18)19)10-15-13(16-12)14-8-4-2/h10H,3-9H2,1-2H3,(H,14,15,16). The smallest absolute Gasteiger partial charge is 0.349 e. The lowest BCUT2D eigenvalue weighted by Crippen LogP contribution is -2.08. The Balaban J connectivity index is 2.65. The number of aromatic nitrogens is 2. The van der Waals surface area contributed by atoms with Gasteiger partial charge in [0.1, 0.15) is 6.20 Å². The van der Waals surface area contributed by atoms with Crippen LogP contribution in [-0.2, 0) is 0 Å². The third-order valence-electron chi connectivity index (χ3n) is 2.70. The molecular weight excluding hydrogens is 260 g/mol. The molecule has 1 rings (SSSR count). The molecule has 0 bridgehead atoms. The summed E-state index contributed by atoms with van der Waals surface area (Å²) in [5.41, 5.74) is -0.192.